The van der Waals surface area contributed by atoms with Gasteiger partial charge in [-0.15, -0.1) is 11.3 Å². The second kappa shape index (κ2) is 6.07. The molecule has 2 fully saturated rings. The van der Waals surface area contributed by atoms with Crippen molar-refractivity contribution in [2.75, 3.05) is 38.5 Å². The molecule has 3 rings (SSSR count). The van der Waals surface area contributed by atoms with Crippen molar-refractivity contribution in [2.45, 2.75) is 25.5 Å². The summed E-state index contributed by atoms with van der Waals surface area (Å²) in [5, 5.41) is 0.618. The lowest BCUT2D eigenvalue weighted by Crippen LogP contribution is -2.51. The van der Waals surface area contributed by atoms with E-state index in [1.807, 2.05) is 11.1 Å². The third kappa shape index (κ3) is 3.11. The van der Waals surface area contributed by atoms with Gasteiger partial charge in [0.1, 0.15) is 6.10 Å². The van der Waals surface area contributed by atoms with Crippen molar-refractivity contribution in [1.82, 2.24) is 14.8 Å². The summed E-state index contributed by atoms with van der Waals surface area (Å²) < 4.78 is 5.47. The van der Waals surface area contributed by atoms with Crippen LogP contribution in [0.15, 0.2) is 6.20 Å². The molecule has 0 aromatic carbocycles. The van der Waals surface area contributed by atoms with E-state index in [4.69, 9.17) is 10.5 Å². The van der Waals surface area contributed by atoms with Crippen molar-refractivity contribution < 1.29 is 9.53 Å². The van der Waals surface area contributed by atoms with Crippen molar-refractivity contribution >= 4 is 22.4 Å². The molecule has 0 bridgehead atoms. The molecule has 0 saturated carbocycles. The molecule has 20 heavy (non-hydrogen) atoms. The molecule has 7 heteroatoms. The number of amides is 1. The molecular weight excluding hydrogens is 276 g/mol. The Labute approximate surface area is 122 Å². The highest BCUT2D eigenvalue weighted by Crippen LogP contribution is 2.19. The van der Waals surface area contributed by atoms with E-state index in [2.05, 4.69) is 9.88 Å². The molecule has 2 saturated heterocycles. The van der Waals surface area contributed by atoms with E-state index in [1.165, 1.54) is 16.2 Å². The molecule has 1 atom stereocenters. The Bertz CT molecular complexity index is 465. The Morgan fingerprint density at radius 2 is 2.25 bits per heavy atom. The van der Waals surface area contributed by atoms with Crippen LogP contribution in [0.2, 0.25) is 0 Å². The number of ether oxygens (including phenoxy) is 1. The van der Waals surface area contributed by atoms with Gasteiger partial charge >= 0.3 is 0 Å². The van der Waals surface area contributed by atoms with Crippen molar-refractivity contribution in [3.05, 3.63) is 11.1 Å². The Balaban J connectivity index is 1.48. The fraction of sp³-hybridized carbons (Fsp3) is 0.692. The topological polar surface area (TPSA) is 71.7 Å². The van der Waals surface area contributed by atoms with E-state index in [0.29, 0.717) is 5.13 Å². The molecule has 0 radical (unpaired) electrons. The standard InChI is InChI=1S/C13H20N4O2S/c14-13-15-8-10(20-13)9-16-3-5-17(6-4-16)12(18)11-2-1-7-19-11/h8,11H,1-7,9H2,(H2,14,15). The first-order chi connectivity index (χ1) is 9.72. The zero-order valence-corrected chi connectivity index (χ0v) is 12.3. The van der Waals surface area contributed by atoms with Gasteiger partial charge in [0, 0.05) is 50.4 Å². The highest BCUT2D eigenvalue weighted by molar-refractivity contribution is 7.15. The van der Waals surface area contributed by atoms with E-state index in [0.717, 1.165) is 52.2 Å². The summed E-state index contributed by atoms with van der Waals surface area (Å²) in [6.07, 6.45) is 3.52. The van der Waals surface area contributed by atoms with Crippen molar-refractivity contribution in [2.24, 2.45) is 0 Å². The lowest BCUT2D eigenvalue weighted by molar-refractivity contribution is -0.142. The SMILES string of the molecule is Nc1ncc(CN2CCN(C(=O)C3CCCO3)CC2)s1. The van der Waals surface area contributed by atoms with Gasteiger partial charge in [0.25, 0.3) is 5.91 Å². The smallest absolute Gasteiger partial charge is 0.251 e. The molecule has 6 nitrogen and oxygen atoms in total. The zero-order valence-electron chi connectivity index (χ0n) is 11.5. The first kappa shape index (κ1) is 13.8. The number of carbonyl (C=O) groups is 1. The molecule has 1 unspecified atom stereocenters. The van der Waals surface area contributed by atoms with Gasteiger partial charge in [-0.3, -0.25) is 9.69 Å². The highest BCUT2D eigenvalue weighted by atomic mass is 32.1. The summed E-state index contributed by atoms with van der Waals surface area (Å²) in [6, 6.07) is 0. The molecule has 0 aliphatic carbocycles. The second-order valence-corrected chi connectivity index (χ2v) is 6.41. The van der Waals surface area contributed by atoms with E-state index < -0.39 is 0 Å². The number of nitrogen functional groups attached to an aromatic ring is 1. The van der Waals surface area contributed by atoms with Gasteiger partial charge < -0.3 is 15.4 Å². The molecule has 2 aliphatic heterocycles. The van der Waals surface area contributed by atoms with E-state index in [1.54, 1.807) is 0 Å². The number of nitrogens with zero attached hydrogens (tertiary/aromatic N) is 3. The third-order valence-corrected chi connectivity index (χ3v) is 4.65. The van der Waals surface area contributed by atoms with E-state index >= 15 is 0 Å². The predicted molar refractivity (Wildman–Crippen MR) is 77.4 cm³/mol. The lowest BCUT2D eigenvalue weighted by atomic mass is 10.2. The maximum absolute atomic E-state index is 12.2. The molecular formula is C13H20N4O2S. The Kier molecular flexibility index (Phi) is 4.18. The van der Waals surface area contributed by atoms with E-state index in [-0.39, 0.29) is 12.0 Å². The van der Waals surface area contributed by atoms with Gasteiger partial charge in [-0.05, 0) is 12.8 Å². The van der Waals surface area contributed by atoms with Crippen LogP contribution < -0.4 is 5.73 Å². The van der Waals surface area contributed by atoms with Gasteiger partial charge in [0.15, 0.2) is 5.13 Å². The summed E-state index contributed by atoms with van der Waals surface area (Å²) in [4.78, 5) is 21.8. The number of aromatic nitrogens is 1. The number of hydrogen-bond acceptors (Lipinski definition) is 6. The number of nitrogens with two attached hydrogens (primary N) is 1. The van der Waals surface area contributed by atoms with Crippen LogP contribution in [0.5, 0.6) is 0 Å². The van der Waals surface area contributed by atoms with Gasteiger partial charge in [0.05, 0.1) is 0 Å². The summed E-state index contributed by atoms with van der Waals surface area (Å²) in [5.41, 5.74) is 5.64. The van der Waals surface area contributed by atoms with Crippen LogP contribution in [0.25, 0.3) is 0 Å². The fourth-order valence-corrected chi connectivity index (χ4v) is 3.45. The quantitative estimate of drug-likeness (QED) is 0.882. The maximum Gasteiger partial charge on any atom is 0.251 e. The van der Waals surface area contributed by atoms with Crippen LogP contribution in [0, 0.1) is 0 Å². The Hall–Kier alpha value is -1.18. The largest absolute Gasteiger partial charge is 0.375 e. The summed E-state index contributed by atoms with van der Waals surface area (Å²) >= 11 is 1.53. The first-order valence-corrected chi connectivity index (χ1v) is 7.87. The fourth-order valence-electron chi connectivity index (χ4n) is 2.72. The average Bonchev–Trinajstić information content (AvgIpc) is 3.11. The number of thiazole rings is 1. The highest BCUT2D eigenvalue weighted by Gasteiger charge is 2.30. The number of piperazine rings is 1. The van der Waals surface area contributed by atoms with Crippen molar-refractivity contribution in [3.8, 4) is 0 Å². The van der Waals surface area contributed by atoms with Gasteiger partial charge in [-0.1, -0.05) is 0 Å². The van der Waals surface area contributed by atoms with Crippen molar-refractivity contribution in [1.29, 1.82) is 0 Å². The molecule has 2 aliphatic rings. The molecule has 1 aromatic heterocycles. The maximum atomic E-state index is 12.2. The van der Waals surface area contributed by atoms with Gasteiger partial charge in [-0.2, -0.15) is 0 Å². The Morgan fingerprint density at radius 1 is 1.45 bits per heavy atom. The lowest BCUT2D eigenvalue weighted by Gasteiger charge is -2.35. The number of hydrogen-bond donors (Lipinski definition) is 1. The number of rotatable bonds is 3. The summed E-state index contributed by atoms with van der Waals surface area (Å²) in [6.45, 7) is 4.96. The van der Waals surface area contributed by atoms with Crippen LogP contribution >= 0.6 is 11.3 Å². The predicted octanol–water partition coefficient (Wildman–Crippen LogP) is 0.548. The van der Waals surface area contributed by atoms with Crippen LogP contribution in [0.3, 0.4) is 0 Å². The minimum atomic E-state index is -0.192. The monoisotopic (exact) mass is 296 g/mol. The molecule has 110 valence electrons. The normalized spacial score (nSPS) is 24.2. The summed E-state index contributed by atoms with van der Waals surface area (Å²) in [7, 11) is 0. The average molecular weight is 296 g/mol. The minimum absolute atomic E-state index is 0.171. The van der Waals surface area contributed by atoms with Crippen LogP contribution in [0.4, 0.5) is 5.13 Å². The molecule has 3 heterocycles. The van der Waals surface area contributed by atoms with Crippen molar-refractivity contribution in [3.63, 3.8) is 0 Å². The number of anilines is 1. The molecule has 2 N–H and O–H groups in total. The first-order valence-electron chi connectivity index (χ1n) is 7.05. The van der Waals surface area contributed by atoms with Crippen LogP contribution in [0.1, 0.15) is 17.7 Å². The minimum Gasteiger partial charge on any atom is -0.375 e. The molecule has 0 spiro atoms. The number of carbonyl (C=O) groups excluding carboxylic acids is 1. The zero-order chi connectivity index (χ0) is 13.9. The third-order valence-electron chi connectivity index (χ3n) is 3.84. The summed E-state index contributed by atoms with van der Waals surface area (Å²) in [5.74, 6) is 0.171. The van der Waals surface area contributed by atoms with Crippen LogP contribution in [-0.2, 0) is 16.1 Å². The second-order valence-electron chi connectivity index (χ2n) is 5.27. The van der Waals surface area contributed by atoms with Gasteiger partial charge in [0.2, 0.25) is 0 Å². The van der Waals surface area contributed by atoms with Gasteiger partial charge in [-0.25, -0.2) is 4.98 Å². The van der Waals surface area contributed by atoms with E-state index in [9.17, 15) is 4.79 Å². The molecule has 1 amide bonds. The van der Waals surface area contributed by atoms with Crippen LogP contribution in [-0.4, -0.2) is 59.6 Å². The molecule has 1 aromatic rings. The Morgan fingerprint density at radius 3 is 2.85 bits per heavy atom.